The average Bonchev–Trinajstić information content (AvgIpc) is 2.69. The molecule has 12 heteroatoms. The molecule has 0 bridgehead atoms. The number of hydrogen-bond donors (Lipinski definition) is 5. The summed E-state index contributed by atoms with van der Waals surface area (Å²) in [6.45, 7) is 3.18. The molecule has 0 aliphatic carbocycles. The SMILES string of the molecule is CCCCS(=O)(=O)N[C@H](CON=C(N)c1ccc(CNC(=O)[C@H](C)N)cc1)C(=O)O. The summed E-state index contributed by atoms with van der Waals surface area (Å²) < 4.78 is 25.8. The van der Waals surface area contributed by atoms with Gasteiger partial charge in [-0.2, -0.15) is 4.72 Å². The van der Waals surface area contributed by atoms with Crippen LogP contribution in [0.4, 0.5) is 0 Å². The molecule has 30 heavy (non-hydrogen) atoms. The highest BCUT2D eigenvalue weighted by Gasteiger charge is 2.24. The highest BCUT2D eigenvalue weighted by atomic mass is 32.2. The fraction of sp³-hybridized carbons (Fsp3) is 0.500. The summed E-state index contributed by atoms with van der Waals surface area (Å²) in [5.74, 6) is -1.84. The van der Waals surface area contributed by atoms with Gasteiger partial charge in [-0.15, -0.1) is 0 Å². The molecule has 0 heterocycles. The van der Waals surface area contributed by atoms with Gasteiger partial charge in [0.25, 0.3) is 0 Å². The number of carboxylic acid groups (broad SMARTS) is 1. The summed E-state index contributed by atoms with van der Waals surface area (Å²) in [7, 11) is -3.74. The van der Waals surface area contributed by atoms with E-state index in [1.54, 1.807) is 31.2 Å². The Hall–Kier alpha value is -2.70. The van der Waals surface area contributed by atoms with Crippen LogP contribution in [-0.4, -0.2) is 55.7 Å². The Morgan fingerprint density at radius 2 is 1.90 bits per heavy atom. The van der Waals surface area contributed by atoms with E-state index in [1.165, 1.54) is 0 Å². The van der Waals surface area contributed by atoms with Crippen LogP contribution < -0.4 is 21.5 Å². The zero-order chi connectivity index (χ0) is 22.7. The number of unbranched alkanes of at least 4 members (excludes halogenated alkanes) is 1. The number of benzene rings is 1. The van der Waals surface area contributed by atoms with E-state index in [9.17, 15) is 23.1 Å². The quantitative estimate of drug-likeness (QED) is 0.153. The summed E-state index contributed by atoms with van der Waals surface area (Å²) in [5.41, 5.74) is 12.6. The minimum absolute atomic E-state index is 0.0147. The molecule has 168 valence electrons. The Bertz CT molecular complexity index is 839. The lowest BCUT2D eigenvalue weighted by Crippen LogP contribution is -2.44. The normalized spacial score (nSPS) is 14.0. The largest absolute Gasteiger partial charge is 0.480 e. The number of rotatable bonds is 13. The third kappa shape index (κ3) is 9.20. The summed E-state index contributed by atoms with van der Waals surface area (Å²) in [5, 5.41) is 15.5. The maximum atomic E-state index is 11.9. The molecule has 0 unspecified atom stereocenters. The number of carbonyl (C=O) groups excluding carboxylic acids is 1. The fourth-order valence-corrected chi connectivity index (χ4v) is 3.53. The van der Waals surface area contributed by atoms with Crippen molar-refractivity contribution >= 4 is 27.7 Å². The molecule has 0 spiro atoms. The monoisotopic (exact) mass is 443 g/mol. The predicted octanol–water partition coefficient (Wildman–Crippen LogP) is -0.540. The van der Waals surface area contributed by atoms with Gasteiger partial charge in [0.2, 0.25) is 15.9 Å². The van der Waals surface area contributed by atoms with E-state index < -0.39 is 34.7 Å². The van der Waals surface area contributed by atoms with Crippen LogP contribution in [0.1, 0.15) is 37.8 Å². The maximum Gasteiger partial charge on any atom is 0.325 e. The van der Waals surface area contributed by atoms with Crippen LogP contribution in [0.3, 0.4) is 0 Å². The van der Waals surface area contributed by atoms with E-state index in [2.05, 4.69) is 15.2 Å². The van der Waals surface area contributed by atoms with Crippen LogP contribution in [0.25, 0.3) is 0 Å². The zero-order valence-electron chi connectivity index (χ0n) is 17.0. The van der Waals surface area contributed by atoms with Gasteiger partial charge in [-0.1, -0.05) is 42.8 Å². The van der Waals surface area contributed by atoms with Crippen LogP contribution in [0.5, 0.6) is 0 Å². The number of sulfonamides is 1. The van der Waals surface area contributed by atoms with Crippen molar-refractivity contribution in [2.45, 2.75) is 45.3 Å². The Balaban J connectivity index is 2.64. The van der Waals surface area contributed by atoms with E-state index in [0.717, 1.165) is 5.56 Å². The van der Waals surface area contributed by atoms with Crippen LogP contribution in [0.2, 0.25) is 0 Å². The number of nitrogens with zero attached hydrogens (tertiary/aromatic N) is 1. The van der Waals surface area contributed by atoms with Gasteiger partial charge < -0.3 is 26.7 Å². The lowest BCUT2D eigenvalue weighted by Gasteiger charge is -2.13. The second kappa shape index (κ2) is 12.1. The first-order valence-electron chi connectivity index (χ1n) is 9.36. The van der Waals surface area contributed by atoms with Crippen molar-refractivity contribution in [3.63, 3.8) is 0 Å². The minimum Gasteiger partial charge on any atom is -0.480 e. The van der Waals surface area contributed by atoms with Crippen molar-refractivity contribution in [3.05, 3.63) is 35.4 Å². The lowest BCUT2D eigenvalue weighted by molar-refractivity contribution is -0.140. The summed E-state index contributed by atoms with van der Waals surface area (Å²) in [4.78, 5) is 27.7. The molecule has 2 atom stereocenters. The Morgan fingerprint density at radius 3 is 2.43 bits per heavy atom. The molecule has 1 aromatic carbocycles. The number of amidine groups is 1. The second-order valence-corrected chi connectivity index (χ2v) is 8.53. The fourth-order valence-electron chi connectivity index (χ4n) is 2.14. The van der Waals surface area contributed by atoms with Gasteiger partial charge in [0.15, 0.2) is 11.9 Å². The first kappa shape index (κ1) is 25.3. The smallest absolute Gasteiger partial charge is 0.325 e. The molecule has 11 nitrogen and oxygen atoms in total. The van der Waals surface area contributed by atoms with Crippen molar-refractivity contribution in [1.82, 2.24) is 10.0 Å². The first-order chi connectivity index (χ1) is 14.1. The second-order valence-electron chi connectivity index (χ2n) is 6.66. The van der Waals surface area contributed by atoms with E-state index in [4.69, 9.17) is 16.3 Å². The van der Waals surface area contributed by atoms with E-state index >= 15 is 0 Å². The van der Waals surface area contributed by atoms with Gasteiger partial charge in [-0.3, -0.25) is 9.59 Å². The zero-order valence-corrected chi connectivity index (χ0v) is 17.8. The van der Waals surface area contributed by atoms with Gasteiger partial charge in [-0.05, 0) is 18.9 Å². The molecule has 0 aliphatic heterocycles. The van der Waals surface area contributed by atoms with Crippen molar-refractivity contribution in [2.75, 3.05) is 12.4 Å². The van der Waals surface area contributed by atoms with Gasteiger partial charge in [0, 0.05) is 12.1 Å². The van der Waals surface area contributed by atoms with E-state index in [0.29, 0.717) is 24.9 Å². The van der Waals surface area contributed by atoms with Gasteiger partial charge in [0.1, 0.15) is 6.61 Å². The number of nitrogens with two attached hydrogens (primary N) is 2. The first-order valence-corrected chi connectivity index (χ1v) is 11.0. The number of amides is 1. The summed E-state index contributed by atoms with van der Waals surface area (Å²) in [6.07, 6.45) is 1.08. The minimum atomic E-state index is -3.74. The molecule has 1 aromatic rings. The predicted molar refractivity (Wildman–Crippen MR) is 112 cm³/mol. The van der Waals surface area contributed by atoms with Gasteiger partial charge in [0.05, 0.1) is 11.8 Å². The highest BCUT2D eigenvalue weighted by Crippen LogP contribution is 2.05. The van der Waals surface area contributed by atoms with Crippen LogP contribution in [0.15, 0.2) is 29.4 Å². The number of oxime groups is 1. The molecule has 0 saturated carbocycles. The number of carbonyl (C=O) groups is 2. The highest BCUT2D eigenvalue weighted by molar-refractivity contribution is 7.89. The number of carboxylic acids is 1. The number of nitrogens with one attached hydrogen (secondary N) is 2. The van der Waals surface area contributed by atoms with Gasteiger partial charge in [-0.25, -0.2) is 8.42 Å². The van der Waals surface area contributed by atoms with Crippen molar-refractivity contribution in [1.29, 1.82) is 0 Å². The Kier molecular flexibility index (Phi) is 10.2. The van der Waals surface area contributed by atoms with Crippen LogP contribution >= 0.6 is 0 Å². The molecule has 0 radical (unpaired) electrons. The summed E-state index contributed by atoms with van der Waals surface area (Å²) in [6, 6.07) is 4.66. The standard InChI is InChI=1S/C18H29N5O6S/c1-3-4-9-30(27,28)23-15(18(25)26)11-29-22-16(20)14-7-5-13(6-8-14)10-21-17(24)12(2)19/h5-8,12,15,23H,3-4,9-11,19H2,1-2H3,(H2,20,22)(H,21,24)(H,25,26)/t12-,15+/m0/s1. The average molecular weight is 444 g/mol. The Morgan fingerprint density at radius 1 is 1.27 bits per heavy atom. The molecule has 1 amide bonds. The topological polar surface area (TPSA) is 186 Å². The lowest BCUT2D eigenvalue weighted by atomic mass is 10.1. The molecule has 1 rings (SSSR count). The molecule has 0 aromatic heterocycles. The summed E-state index contributed by atoms with van der Waals surface area (Å²) >= 11 is 0. The molecule has 0 aliphatic rings. The third-order valence-corrected chi connectivity index (χ3v) is 5.39. The van der Waals surface area contributed by atoms with E-state index in [1.807, 2.05) is 6.92 Å². The van der Waals surface area contributed by atoms with Gasteiger partial charge >= 0.3 is 5.97 Å². The van der Waals surface area contributed by atoms with Crippen molar-refractivity contribution in [3.8, 4) is 0 Å². The third-order valence-electron chi connectivity index (χ3n) is 3.92. The maximum absolute atomic E-state index is 11.9. The van der Waals surface area contributed by atoms with Crippen LogP contribution in [-0.2, 0) is 31.0 Å². The molecular weight excluding hydrogens is 414 g/mol. The number of hydrogen-bond acceptors (Lipinski definition) is 7. The molecule has 0 saturated heterocycles. The van der Waals surface area contributed by atoms with E-state index in [-0.39, 0.29) is 17.5 Å². The Labute approximate surface area is 175 Å². The van der Waals surface area contributed by atoms with Crippen molar-refractivity contribution < 1.29 is 28.0 Å². The van der Waals surface area contributed by atoms with Crippen LogP contribution in [0, 0.1) is 0 Å². The molecular formula is C18H29N5O6S. The van der Waals surface area contributed by atoms with Crippen molar-refractivity contribution in [2.24, 2.45) is 16.6 Å². The molecule has 0 fully saturated rings. The number of aliphatic carboxylic acids is 1. The molecule has 7 N–H and O–H groups in total.